The maximum Gasteiger partial charge on any atom is 0.276 e. The zero-order valence-corrected chi connectivity index (χ0v) is 17.9. The predicted octanol–water partition coefficient (Wildman–Crippen LogP) is 3.70. The summed E-state index contributed by atoms with van der Waals surface area (Å²) in [5, 5.41) is 2.75. The molecule has 0 radical (unpaired) electrons. The smallest absolute Gasteiger partial charge is 0.276 e. The highest BCUT2D eigenvalue weighted by Gasteiger charge is 2.12. The minimum absolute atomic E-state index is 0.0730. The van der Waals surface area contributed by atoms with Crippen LogP contribution in [0.4, 0.5) is 5.69 Å². The molecule has 160 valence electrons. The molecule has 7 nitrogen and oxygen atoms in total. The third kappa shape index (κ3) is 6.92. The van der Waals surface area contributed by atoms with Crippen molar-refractivity contribution in [1.29, 1.82) is 0 Å². The molecule has 0 saturated heterocycles. The van der Waals surface area contributed by atoms with Crippen molar-refractivity contribution in [2.45, 2.75) is 46.5 Å². The van der Waals surface area contributed by atoms with E-state index in [1.165, 1.54) is 0 Å². The van der Waals surface area contributed by atoms with Crippen LogP contribution in [0.3, 0.4) is 0 Å². The zero-order chi connectivity index (χ0) is 22.1. The Hall–Kier alpha value is -3.35. The number of nitrogens with one attached hydrogen (secondary N) is 3. The first-order chi connectivity index (χ1) is 14.3. The summed E-state index contributed by atoms with van der Waals surface area (Å²) in [6.45, 7) is 7.77. The van der Waals surface area contributed by atoms with Crippen molar-refractivity contribution in [3.05, 3.63) is 59.2 Å². The van der Waals surface area contributed by atoms with Crippen molar-refractivity contribution in [2.75, 3.05) is 11.9 Å². The Bertz CT molecular complexity index is 892. The van der Waals surface area contributed by atoms with Crippen molar-refractivity contribution >= 4 is 23.4 Å². The van der Waals surface area contributed by atoms with Crippen LogP contribution in [0.5, 0.6) is 5.75 Å². The third-order valence-electron chi connectivity index (χ3n) is 4.37. The lowest BCUT2D eigenvalue weighted by atomic mass is 10.0. The van der Waals surface area contributed by atoms with Crippen LogP contribution in [0.25, 0.3) is 0 Å². The average Bonchev–Trinajstić information content (AvgIpc) is 2.71. The first-order valence-electron chi connectivity index (χ1n) is 10.0. The number of hydrogen-bond donors (Lipinski definition) is 3. The second-order valence-corrected chi connectivity index (χ2v) is 7.36. The molecule has 0 aliphatic rings. The molecular weight excluding hydrogens is 382 g/mol. The van der Waals surface area contributed by atoms with Crippen molar-refractivity contribution < 1.29 is 19.1 Å². The third-order valence-corrected chi connectivity index (χ3v) is 4.37. The Morgan fingerprint density at radius 3 is 2.30 bits per heavy atom. The molecule has 30 heavy (non-hydrogen) atoms. The van der Waals surface area contributed by atoms with Crippen LogP contribution in [0.15, 0.2) is 42.5 Å². The Morgan fingerprint density at radius 1 is 0.967 bits per heavy atom. The zero-order valence-electron chi connectivity index (χ0n) is 17.9. The monoisotopic (exact) mass is 411 g/mol. The molecular formula is C23H29N3O4. The van der Waals surface area contributed by atoms with E-state index in [1.54, 1.807) is 24.3 Å². The SMILES string of the molecule is CCCC(=O)Nc1ccc(C(=O)NNC(=O)COc2cc(C)ccc2C(C)C)cc1. The fraction of sp³-hybridized carbons (Fsp3) is 0.348. The lowest BCUT2D eigenvalue weighted by Gasteiger charge is -2.15. The van der Waals surface area contributed by atoms with Crippen molar-refractivity contribution in [2.24, 2.45) is 0 Å². The second-order valence-electron chi connectivity index (χ2n) is 7.36. The van der Waals surface area contributed by atoms with Crippen molar-refractivity contribution in [1.82, 2.24) is 10.9 Å². The molecule has 0 aromatic heterocycles. The number of anilines is 1. The summed E-state index contributed by atoms with van der Waals surface area (Å²) in [6.07, 6.45) is 1.20. The normalized spacial score (nSPS) is 10.4. The Morgan fingerprint density at radius 2 is 1.67 bits per heavy atom. The van der Waals surface area contributed by atoms with Crippen LogP contribution in [0.1, 0.15) is 61.0 Å². The number of rotatable bonds is 8. The first-order valence-corrected chi connectivity index (χ1v) is 10.0. The van der Waals surface area contributed by atoms with Gasteiger partial charge in [0.25, 0.3) is 11.8 Å². The number of aryl methyl sites for hydroxylation is 1. The molecule has 0 fully saturated rings. The van der Waals surface area contributed by atoms with Gasteiger partial charge in [0.1, 0.15) is 5.75 Å². The van der Waals surface area contributed by atoms with Crippen molar-refractivity contribution in [3.63, 3.8) is 0 Å². The molecule has 0 atom stereocenters. The van der Waals surface area contributed by atoms with Gasteiger partial charge in [-0.05, 0) is 60.7 Å². The number of benzene rings is 2. The summed E-state index contributed by atoms with van der Waals surface area (Å²) in [4.78, 5) is 35.9. The topological polar surface area (TPSA) is 96.5 Å². The molecule has 0 aliphatic carbocycles. The standard InChI is InChI=1S/C23H29N3O4/c1-5-6-21(27)24-18-10-8-17(9-11-18)23(29)26-25-22(28)14-30-20-13-16(4)7-12-19(20)15(2)3/h7-13,15H,5-6,14H2,1-4H3,(H,24,27)(H,25,28)(H,26,29). The van der Waals surface area contributed by atoms with E-state index in [0.717, 1.165) is 17.5 Å². The average molecular weight is 412 g/mol. The quantitative estimate of drug-likeness (QED) is 0.577. The van der Waals surface area contributed by atoms with Crippen LogP contribution in [-0.4, -0.2) is 24.3 Å². The van der Waals surface area contributed by atoms with E-state index in [4.69, 9.17) is 4.74 Å². The summed E-state index contributed by atoms with van der Waals surface area (Å²) < 4.78 is 5.65. The van der Waals surface area contributed by atoms with Gasteiger partial charge in [0, 0.05) is 17.7 Å². The number of hydrogen-bond acceptors (Lipinski definition) is 4. The van der Waals surface area contributed by atoms with E-state index >= 15 is 0 Å². The molecule has 0 bridgehead atoms. The molecule has 3 N–H and O–H groups in total. The van der Waals surface area contributed by atoms with E-state index < -0.39 is 11.8 Å². The molecule has 0 heterocycles. The predicted molar refractivity (Wildman–Crippen MR) is 116 cm³/mol. The molecule has 7 heteroatoms. The van der Waals surface area contributed by atoms with E-state index in [0.29, 0.717) is 23.4 Å². The molecule has 0 unspecified atom stereocenters. The van der Waals surface area contributed by atoms with Crippen LogP contribution in [0, 0.1) is 6.92 Å². The number of hydrazine groups is 1. The van der Waals surface area contributed by atoms with Gasteiger partial charge in [0.15, 0.2) is 6.61 Å². The minimum atomic E-state index is -0.469. The molecule has 0 spiro atoms. The molecule has 0 aliphatic heterocycles. The molecule has 2 rings (SSSR count). The number of amides is 3. The van der Waals surface area contributed by atoms with Crippen molar-refractivity contribution in [3.8, 4) is 5.75 Å². The van der Waals surface area contributed by atoms with Crippen LogP contribution in [0.2, 0.25) is 0 Å². The summed E-state index contributed by atoms with van der Waals surface area (Å²) in [5.41, 5.74) is 7.72. The number of carbonyl (C=O) groups excluding carboxylic acids is 3. The van der Waals surface area contributed by atoms with Gasteiger partial charge >= 0.3 is 0 Å². The Labute approximate surface area is 177 Å². The number of carbonyl (C=O) groups is 3. The lowest BCUT2D eigenvalue weighted by molar-refractivity contribution is -0.123. The fourth-order valence-corrected chi connectivity index (χ4v) is 2.78. The Balaban J connectivity index is 1.84. The van der Waals surface area contributed by atoms with E-state index in [1.807, 2.05) is 32.0 Å². The van der Waals surface area contributed by atoms with Gasteiger partial charge in [-0.2, -0.15) is 0 Å². The highest BCUT2D eigenvalue weighted by atomic mass is 16.5. The molecule has 0 saturated carbocycles. The van der Waals surface area contributed by atoms with Gasteiger partial charge in [-0.15, -0.1) is 0 Å². The van der Waals surface area contributed by atoms with E-state index in [9.17, 15) is 14.4 Å². The van der Waals surface area contributed by atoms with Gasteiger partial charge in [-0.3, -0.25) is 25.2 Å². The largest absolute Gasteiger partial charge is 0.483 e. The summed E-state index contributed by atoms with van der Waals surface area (Å²) >= 11 is 0. The second kappa shape index (κ2) is 11.0. The maximum absolute atomic E-state index is 12.2. The van der Waals surface area contributed by atoms with Gasteiger partial charge in [-0.25, -0.2) is 0 Å². The van der Waals surface area contributed by atoms with Crippen LogP contribution in [-0.2, 0) is 9.59 Å². The first kappa shape index (κ1) is 22.9. The van der Waals surface area contributed by atoms with Gasteiger partial charge in [-0.1, -0.05) is 32.9 Å². The highest BCUT2D eigenvalue weighted by molar-refractivity contribution is 5.96. The Kier molecular flexibility index (Phi) is 8.41. The van der Waals surface area contributed by atoms with E-state index in [-0.39, 0.29) is 18.4 Å². The fourth-order valence-electron chi connectivity index (χ4n) is 2.78. The minimum Gasteiger partial charge on any atom is -0.483 e. The van der Waals surface area contributed by atoms with Gasteiger partial charge < -0.3 is 10.1 Å². The number of ether oxygens (including phenoxy) is 1. The lowest BCUT2D eigenvalue weighted by Crippen LogP contribution is -2.43. The van der Waals surface area contributed by atoms with Gasteiger partial charge in [0.2, 0.25) is 5.91 Å². The highest BCUT2D eigenvalue weighted by Crippen LogP contribution is 2.27. The van der Waals surface area contributed by atoms with E-state index in [2.05, 4.69) is 30.0 Å². The van der Waals surface area contributed by atoms with Crippen LogP contribution >= 0.6 is 0 Å². The summed E-state index contributed by atoms with van der Waals surface area (Å²) in [5.74, 6) is -0.0855. The maximum atomic E-state index is 12.2. The van der Waals surface area contributed by atoms with Crippen LogP contribution < -0.4 is 20.9 Å². The summed E-state index contributed by atoms with van der Waals surface area (Å²) in [7, 11) is 0. The van der Waals surface area contributed by atoms with Gasteiger partial charge in [0.05, 0.1) is 0 Å². The molecule has 2 aromatic rings. The summed E-state index contributed by atoms with van der Waals surface area (Å²) in [6, 6.07) is 12.3. The molecule has 3 amide bonds. The molecule has 2 aromatic carbocycles.